The number of H-pyrrole nitrogens is 1. The predicted molar refractivity (Wildman–Crippen MR) is 123 cm³/mol. The normalized spacial score (nSPS) is 11.2. The average molecular weight is 470 g/mol. The van der Waals surface area contributed by atoms with Gasteiger partial charge in [-0.2, -0.15) is 5.10 Å². The molecule has 0 unspecified atom stereocenters. The SMILES string of the molecule is CCOc1cc(C=Nn2c(=O)[nH]c3ccccc3c2=O)cc([N+](=O)[O-])c1OCC(=O)OC(C)C. The quantitative estimate of drug-likeness (QED) is 0.216. The second-order valence-electron chi connectivity index (χ2n) is 7.22. The van der Waals surface area contributed by atoms with E-state index in [1.165, 1.54) is 12.1 Å². The molecule has 3 aromatic rings. The van der Waals surface area contributed by atoms with Crippen LogP contribution in [0.15, 0.2) is 51.1 Å². The summed E-state index contributed by atoms with van der Waals surface area (Å²) in [6, 6.07) is 8.93. The number of nitro benzene ring substituents is 1. The molecule has 0 saturated carbocycles. The summed E-state index contributed by atoms with van der Waals surface area (Å²) in [7, 11) is 0. The van der Waals surface area contributed by atoms with Crippen LogP contribution < -0.4 is 20.7 Å². The zero-order chi connectivity index (χ0) is 24.8. The fourth-order valence-corrected chi connectivity index (χ4v) is 3.04. The van der Waals surface area contributed by atoms with Crippen LogP contribution >= 0.6 is 0 Å². The Hall–Kier alpha value is -4.48. The van der Waals surface area contributed by atoms with E-state index in [2.05, 4.69) is 10.1 Å². The highest BCUT2D eigenvalue weighted by molar-refractivity contribution is 5.83. The highest BCUT2D eigenvalue weighted by Gasteiger charge is 2.24. The van der Waals surface area contributed by atoms with E-state index in [-0.39, 0.29) is 35.2 Å². The number of nitrogens with zero attached hydrogens (tertiary/aromatic N) is 3. The van der Waals surface area contributed by atoms with Crippen molar-refractivity contribution in [2.24, 2.45) is 5.10 Å². The number of aromatic nitrogens is 2. The lowest BCUT2D eigenvalue weighted by atomic mass is 10.2. The van der Waals surface area contributed by atoms with Crippen LogP contribution in [-0.2, 0) is 9.53 Å². The van der Waals surface area contributed by atoms with Gasteiger partial charge in [0.2, 0.25) is 5.75 Å². The number of nitrogens with one attached hydrogen (secondary N) is 1. The van der Waals surface area contributed by atoms with Crippen LogP contribution in [-0.4, -0.2) is 46.1 Å². The lowest BCUT2D eigenvalue weighted by Gasteiger charge is -2.13. The molecule has 12 nitrogen and oxygen atoms in total. The molecule has 1 N–H and O–H groups in total. The van der Waals surface area contributed by atoms with E-state index >= 15 is 0 Å². The van der Waals surface area contributed by atoms with Gasteiger partial charge in [0.05, 0.1) is 34.8 Å². The van der Waals surface area contributed by atoms with Gasteiger partial charge in [0.25, 0.3) is 5.56 Å². The maximum absolute atomic E-state index is 12.6. The van der Waals surface area contributed by atoms with Crippen molar-refractivity contribution >= 4 is 28.8 Å². The Kier molecular flexibility index (Phi) is 7.41. The summed E-state index contributed by atoms with van der Waals surface area (Å²) in [5.41, 5.74) is -1.41. The van der Waals surface area contributed by atoms with Crippen LogP contribution in [0, 0.1) is 10.1 Å². The number of esters is 1. The van der Waals surface area contributed by atoms with Crippen LogP contribution in [0.3, 0.4) is 0 Å². The summed E-state index contributed by atoms with van der Waals surface area (Å²) in [5, 5.41) is 15.8. The number of ether oxygens (including phenoxy) is 3. The van der Waals surface area contributed by atoms with Gasteiger partial charge in [0, 0.05) is 11.6 Å². The number of hydrogen-bond acceptors (Lipinski definition) is 9. The Morgan fingerprint density at radius 2 is 1.97 bits per heavy atom. The molecule has 0 saturated heterocycles. The fourth-order valence-electron chi connectivity index (χ4n) is 3.04. The molecule has 0 radical (unpaired) electrons. The largest absolute Gasteiger partial charge is 0.490 e. The molecule has 12 heteroatoms. The summed E-state index contributed by atoms with van der Waals surface area (Å²) in [6.07, 6.45) is 0.732. The first kappa shape index (κ1) is 24.2. The third-order valence-corrected chi connectivity index (χ3v) is 4.36. The molecule has 0 aliphatic heterocycles. The Balaban J connectivity index is 2.01. The van der Waals surface area contributed by atoms with Gasteiger partial charge in [-0.05, 0) is 39.0 Å². The summed E-state index contributed by atoms with van der Waals surface area (Å²) >= 11 is 0. The van der Waals surface area contributed by atoms with Crippen LogP contribution in [0.25, 0.3) is 10.9 Å². The maximum Gasteiger partial charge on any atom is 0.349 e. The number of fused-ring (bicyclic) bond motifs is 1. The second-order valence-corrected chi connectivity index (χ2v) is 7.22. The lowest BCUT2D eigenvalue weighted by molar-refractivity contribution is -0.385. The highest BCUT2D eigenvalue weighted by Crippen LogP contribution is 2.38. The minimum Gasteiger partial charge on any atom is -0.490 e. The van der Waals surface area contributed by atoms with Crippen molar-refractivity contribution in [3.8, 4) is 11.5 Å². The number of hydrogen-bond donors (Lipinski definition) is 1. The minimum absolute atomic E-state index is 0.0183. The van der Waals surface area contributed by atoms with Crippen molar-refractivity contribution in [2.45, 2.75) is 26.9 Å². The molecule has 0 atom stereocenters. The molecule has 178 valence electrons. The van der Waals surface area contributed by atoms with E-state index in [0.29, 0.717) is 10.2 Å². The standard InChI is InChI=1S/C22H22N4O8/c1-4-32-18-10-14(9-17(26(30)31)20(18)33-12-19(27)34-13(2)3)11-23-25-21(28)15-7-5-6-8-16(15)24-22(25)29/h5-11,13H,4,12H2,1-3H3,(H,24,29). The first-order valence-electron chi connectivity index (χ1n) is 10.3. The minimum atomic E-state index is -0.775. The summed E-state index contributed by atoms with van der Waals surface area (Å²) in [5.74, 6) is -0.979. The predicted octanol–water partition coefficient (Wildman–Crippen LogP) is 2.21. The van der Waals surface area contributed by atoms with Gasteiger partial charge >= 0.3 is 17.3 Å². The Morgan fingerprint density at radius 1 is 1.24 bits per heavy atom. The van der Waals surface area contributed by atoms with Crippen LogP contribution in [0.5, 0.6) is 11.5 Å². The molecule has 3 rings (SSSR count). The Labute approximate surface area is 192 Å². The van der Waals surface area contributed by atoms with Gasteiger partial charge in [0.15, 0.2) is 12.4 Å². The molecule has 0 fully saturated rings. The Morgan fingerprint density at radius 3 is 2.65 bits per heavy atom. The number of carbonyl (C=O) groups is 1. The molecule has 0 spiro atoms. The van der Waals surface area contributed by atoms with Gasteiger partial charge in [-0.15, -0.1) is 4.68 Å². The van der Waals surface area contributed by atoms with E-state index in [4.69, 9.17) is 14.2 Å². The second kappa shape index (κ2) is 10.4. The molecular weight excluding hydrogens is 448 g/mol. The monoisotopic (exact) mass is 470 g/mol. The van der Waals surface area contributed by atoms with Crippen molar-refractivity contribution < 1.29 is 23.9 Å². The van der Waals surface area contributed by atoms with Crippen molar-refractivity contribution in [2.75, 3.05) is 13.2 Å². The number of aromatic amines is 1. The van der Waals surface area contributed by atoms with Gasteiger partial charge in [0.1, 0.15) is 0 Å². The van der Waals surface area contributed by atoms with Gasteiger partial charge in [-0.3, -0.25) is 14.9 Å². The summed E-state index contributed by atoms with van der Waals surface area (Å²) in [6.45, 7) is 4.57. The first-order chi connectivity index (χ1) is 16.2. The smallest absolute Gasteiger partial charge is 0.349 e. The van der Waals surface area contributed by atoms with Crippen molar-refractivity contribution in [1.82, 2.24) is 9.66 Å². The van der Waals surface area contributed by atoms with E-state index < -0.39 is 34.4 Å². The molecule has 34 heavy (non-hydrogen) atoms. The topological polar surface area (TPSA) is 155 Å². The molecule has 0 aliphatic rings. The molecule has 0 aliphatic carbocycles. The maximum atomic E-state index is 12.6. The van der Waals surface area contributed by atoms with Crippen molar-refractivity contribution in [3.63, 3.8) is 0 Å². The van der Waals surface area contributed by atoms with Crippen molar-refractivity contribution in [3.05, 3.63) is 72.9 Å². The molecule has 2 aromatic carbocycles. The number of carbonyl (C=O) groups excluding carboxylic acids is 1. The van der Waals surface area contributed by atoms with Gasteiger partial charge in [-0.1, -0.05) is 12.1 Å². The summed E-state index contributed by atoms with van der Waals surface area (Å²) in [4.78, 5) is 50.3. The zero-order valence-electron chi connectivity index (χ0n) is 18.6. The molecule has 0 amide bonds. The number of nitro groups is 1. The molecule has 1 aromatic heterocycles. The van der Waals surface area contributed by atoms with Crippen LogP contribution in [0.1, 0.15) is 26.3 Å². The third kappa shape index (κ3) is 5.46. The molecular formula is C22H22N4O8. The number of para-hydroxylation sites is 1. The zero-order valence-corrected chi connectivity index (χ0v) is 18.6. The first-order valence-corrected chi connectivity index (χ1v) is 10.3. The van der Waals surface area contributed by atoms with Gasteiger partial charge in [-0.25, -0.2) is 9.59 Å². The number of benzene rings is 2. The number of rotatable bonds is 9. The average Bonchev–Trinajstić information content (AvgIpc) is 2.77. The van der Waals surface area contributed by atoms with E-state index in [1.807, 2.05) is 0 Å². The van der Waals surface area contributed by atoms with E-state index in [1.54, 1.807) is 39.0 Å². The highest BCUT2D eigenvalue weighted by atomic mass is 16.6. The summed E-state index contributed by atoms with van der Waals surface area (Å²) < 4.78 is 16.4. The van der Waals surface area contributed by atoms with Crippen molar-refractivity contribution in [1.29, 1.82) is 0 Å². The Bertz CT molecular complexity index is 1370. The molecule has 0 bridgehead atoms. The van der Waals surface area contributed by atoms with Gasteiger partial charge < -0.3 is 19.2 Å². The lowest BCUT2D eigenvalue weighted by Crippen LogP contribution is -2.32. The fraction of sp³-hybridized carbons (Fsp3) is 0.273. The van der Waals surface area contributed by atoms with E-state index in [9.17, 15) is 24.5 Å². The molecule has 1 heterocycles. The van der Waals surface area contributed by atoms with E-state index in [0.717, 1.165) is 12.3 Å². The van der Waals surface area contributed by atoms with Crippen LogP contribution in [0.2, 0.25) is 0 Å². The third-order valence-electron chi connectivity index (χ3n) is 4.36. The van der Waals surface area contributed by atoms with Crippen LogP contribution in [0.4, 0.5) is 5.69 Å².